The van der Waals surface area contributed by atoms with Crippen molar-refractivity contribution in [3.8, 4) is 0 Å². The Balaban J connectivity index is 2.65. The molecule has 0 saturated heterocycles. The van der Waals surface area contributed by atoms with E-state index >= 15 is 0 Å². The molecule has 0 atom stereocenters. The molecular weight excluding hydrogens is 140 g/mol. The van der Waals surface area contributed by atoms with Gasteiger partial charge >= 0.3 is 0 Å². The van der Waals surface area contributed by atoms with Crippen molar-refractivity contribution in [1.29, 1.82) is 5.41 Å². The van der Waals surface area contributed by atoms with Gasteiger partial charge in [-0.05, 0) is 25.3 Å². The van der Waals surface area contributed by atoms with Gasteiger partial charge < -0.3 is 10.1 Å². The molecule has 0 aromatic rings. The summed E-state index contributed by atoms with van der Waals surface area (Å²) in [4.78, 5) is 3.97. The smallest absolute Gasteiger partial charge is 0.208 e. The molecule has 0 aromatic carbocycles. The fourth-order valence-electron chi connectivity index (χ4n) is 0.913. The van der Waals surface area contributed by atoms with Crippen LogP contribution in [-0.4, -0.2) is 19.0 Å². The highest BCUT2D eigenvalue weighted by Gasteiger charge is 1.98. The molecule has 1 heterocycles. The summed E-state index contributed by atoms with van der Waals surface area (Å²) in [7, 11) is 1.59. The lowest BCUT2D eigenvalue weighted by Gasteiger charge is -2.03. The predicted octanol–water partition coefficient (Wildman–Crippen LogP) is 1.75. The van der Waals surface area contributed by atoms with Crippen LogP contribution in [0, 0.1) is 5.41 Å². The summed E-state index contributed by atoms with van der Waals surface area (Å²) >= 11 is 0. The Morgan fingerprint density at radius 1 is 1.64 bits per heavy atom. The average Bonchev–Trinajstić information content (AvgIpc) is 1.98. The highest BCUT2D eigenvalue weighted by Crippen LogP contribution is 2.06. The third-order valence-corrected chi connectivity index (χ3v) is 1.53. The number of allylic oxidation sites excluding steroid dienone is 1. The highest BCUT2D eigenvalue weighted by molar-refractivity contribution is 6.29. The molecular formula is C8H12N2O. The molecule has 0 aliphatic carbocycles. The van der Waals surface area contributed by atoms with Gasteiger partial charge in [0.15, 0.2) is 0 Å². The molecule has 0 aromatic heterocycles. The molecule has 0 fully saturated rings. The molecule has 1 N–H and O–H groups in total. The maximum Gasteiger partial charge on any atom is 0.208 e. The molecule has 0 saturated carbocycles. The van der Waals surface area contributed by atoms with E-state index in [0.29, 0.717) is 11.6 Å². The number of aliphatic imine (C=N–C) groups is 1. The van der Waals surface area contributed by atoms with Gasteiger partial charge in [-0.25, -0.2) is 4.99 Å². The molecule has 3 nitrogen and oxygen atoms in total. The summed E-state index contributed by atoms with van der Waals surface area (Å²) in [5.74, 6) is 0.620. The normalized spacial score (nSPS) is 23.4. The Kier molecular flexibility index (Phi) is 2.83. The molecule has 3 heteroatoms. The zero-order chi connectivity index (χ0) is 8.10. The Morgan fingerprint density at radius 2 is 2.45 bits per heavy atom. The fraction of sp³-hybridized carbons (Fsp3) is 0.500. The van der Waals surface area contributed by atoms with Crippen LogP contribution in [0.4, 0.5) is 0 Å². The number of ether oxygens (including phenoxy) is 1. The lowest BCUT2D eigenvalue weighted by molar-refractivity contribution is 0.287. The summed E-state index contributed by atoms with van der Waals surface area (Å²) in [6.45, 7) is 0. The van der Waals surface area contributed by atoms with Gasteiger partial charge in [-0.15, -0.1) is 0 Å². The van der Waals surface area contributed by atoms with Gasteiger partial charge in [0.25, 0.3) is 0 Å². The van der Waals surface area contributed by atoms with E-state index in [0.717, 1.165) is 19.3 Å². The summed E-state index contributed by atoms with van der Waals surface area (Å²) in [5.41, 5.74) is 0.577. The third-order valence-electron chi connectivity index (χ3n) is 1.53. The zero-order valence-corrected chi connectivity index (χ0v) is 6.63. The van der Waals surface area contributed by atoms with E-state index in [4.69, 9.17) is 10.1 Å². The van der Waals surface area contributed by atoms with E-state index < -0.39 is 0 Å². The first kappa shape index (κ1) is 7.98. The minimum atomic E-state index is 0.577. The number of hydrogen-bond acceptors (Lipinski definition) is 3. The zero-order valence-electron chi connectivity index (χ0n) is 6.63. The molecule has 1 aliphatic heterocycles. The Bertz CT molecular complexity index is 206. The first-order valence-electron chi connectivity index (χ1n) is 3.68. The lowest BCUT2D eigenvalue weighted by Crippen LogP contribution is -2.00. The summed E-state index contributed by atoms with van der Waals surface area (Å²) in [6.07, 6.45) is 6.27. The second kappa shape index (κ2) is 3.91. The van der Waals surface area contributed by atoms with Gasteiger partial charge in [0.1, 0.15) is 0 Å². The Hall–Kier alpha value is -1.12. The second-order valence-electron chi connectivity index (χ2n) is 2.42. The SMILES string of the molecule is CO/C1=C/CCCC(=N)C=N1. The van der Waals surface area contributed by atoms with Gasteiger partial charge in [-0.1, -0.05) is 0 Å². The highest BCUT2D eigenvalue weighted by atomic mass is 16.5. The molecule has 0 radical (unpaired) electrons. The van der Waals surface area contributed by atoms with Crippen molar-refractivity contribution in [2.75, 3.05) is 7.11 Å². The van der Waals surface area contributed by atoms with Crippen LogP contribution in [0.3, 0.4) is 0 Å². The van der Waals surface area contributed by atoms with Crippen molar-refractivity contribution in [1.82, 2.24) is 0 Å². The fourth-order valence-corrected chi connectivity index (χ4v) is 0.913. The Labute approximate surface area is 66.3 Å². The van der Waals surface area contributed by atoms with Crippen molar-refractivity contribution < 1.29 is 4.74 Å². The molecule has 0 spiro atoms. The van der Waals surface area contributed by atoms with E-state index in [1.807, 2.05) is 6.08 Å². The quantitative estimate of drug-likeness (QED) is 0.611. The number of nitrogens with one attached hydrogen (secondary N) is 1. The number of hydrogen-bond donors (Lipinski definition) is 1. The van der Waals surface area contributed by atoms with Crippen LogP contribution in [0.1, 0.15) is 19.3 Å². The van der Waals surface area contributed by atoms with Crippen LogP contribution < -0.4 is 0 Å². The molecule has 1 rings (SSSR count). The maximum absolute atomic E-state index is 7.36. The first-order valence-corrected chi connectivity index (χ1v) is 3.68. The summed E-state index contributed by atoms with van der Waals surface area (Å²) < 4.78 is 4.94. The molecule has 11 heavy (non-hydrogen) atoms. The molecule has 0 unspecified atom stereocenters. The summed E-state index contributed by atoms with van der Waals surface area (Å²) in [5, 5.41) is 7.36. The van der Waals surface area contributed by atoms with Gasteiger partial charge in [-0.3, -0.25) is 0 Å². The van der Waals surface area contributed by atoms with Crippen molar-refractivity contribution in [3.63, 3.8) is 0 Å². The standard InChI is InChI=1S/C8H12N2O/c1-11-8-5-3-2-4-7(9)6-10-8/h5-6,9H,2-4H2,1H3/b8-5+,9-7?,10-6?. The van der Waals surface area contributed by atoms with Gasteiger partial charge in [0.2, 0.25) is 5.88 Å². The minimum absolute atomic E-state index is 0.577. The van der Waals surface area contributed by atoms with Gasteiger partial charge in [0.05, 0.1) is 13.3 Å². The predicted molar refractivity (Wildman–Crippen MR) is 45.2 cm³/mol. The topological polar surface area (TPSA) is 45.4 Å². The van der Waals surface area contributed by atoms with Crippen molar-refractivity contribution in [2.45, 2.75) is 19.3 Å². The van der Waals surface area contributed by atoms with Crippen molar-refractivity contribution >= 4 is 11.9 Å². The van der Waals surface area contributed by atoms with Gasteiger partial charge in [0, 0.05) is 5.71 Å². The van der Waals surface area contributed by atoms with Gasteiger partial charge in [-0.2, -0.15) is 0 Å². The molecule has 1 aliphatic rings. The second-order valence-corrected chi connectivity index (χ2v) is 2.42. The van der Waals surface area contributed by atoms with E-state index in [2.05, 4.69) is 4.99 Å². The maximum atomic E-state index is 7.36. The number of methoxy groups -OCH3 is 1. The van der Waals surface area contributed by atoms with E-state index in [9.17, 15) is 0 Å². The van der Waals surface area contributed by atoms with Crippen molar-refractivity contribution in [2.24, 2.45) is 4.99 Å². The van der Waals surface area contributed by atoms with Crippen LogP contribution in [0.5, 0.6) is 0 Å². The number of nitrogens with zero attached hydrogens (tertiary/aromatic N) is 1. The van der Waals surface area contributed by atoms with Crippen LogP contribution >= 0.6 is 0 Å². The van der Waals surface area contributed by atoms with E-state index in [-0.39, 0.29) is 0 Å². The van der Waals surface area contributed by atoms with Crippen LogP contribution in [0.15, 0.2) is 17.0 Å². The number of rotatable bonds is 1. The Morgan fingerprint density at radius 3 is 3.18 bits per heavy atom. The molecule has 0 bridgehead atoms. The summed E-state index contributed by atoms with van der Waals surface area (Å²) in [6, 6.07) is 0. The van der Waals surface area contributed by atoms with Crippen LogP contribution in [0.25, 0.3) is 0 Å². The average molecular weight is 152 g/mol. The lowest BCUT2D eigenvalue weighted by atomic mass is 10.1. The first-order chi connectivity index (χ1) is 5.33. The molecule has 60 valence electrons. The monoisotopic (exact) mass is 152 g/mol. The molecule has 0 amide bonds. The third kappa shape index (κ3) is 2.53. The van der Waals surface area contributed by atoms with Crippen LogP contribution in [0.2, 0.25) is 0 Å². The largest absolute Gasteiger partial charge is 0.481 e. The van der Waals surface area contributed by atoms with E-state index in [1.54, 1.807) is 13.3 Å². The van der Waals surface area contributed by atoms with Crippen molar-refractivity contribution in [3.05, 3.63) is 12.0 Å². The van der Waals surface area contributed by atoms with Crippen LogP contribution in [-0.2, 0) is 4.74 Å². The van der Waals surface area contributed by atoms with E-state index in [1.165, 1.54) is 0 Å². The minimum Gasteiger partial charge on any atom is -0.481 e.